The molecule has 1 nitrogen and oxygen atoms in total. The van der Waals surface area contributed by atoms with Crippen molar-refractivity contribution in [2.75, 3.05) is 6.61 Å². The van der Waals surface area contributed by atoms with Gasteiger partial charge in [-0.15, -0.1) is 0 Å². The second kappa shape index (κ2) is 6.04. The average molecular weight is 319 g/mol. The SMILES string of the molecule is CCCOC1C[C@@H]2[C@@H](CC[C@]3(C)CCC[C@@H]23)[C@@]2(C)CCCCC12. The van der Waals surface area contributed by atoms with Crippen LogP contribution < -0.4 is 0 Å². The Morgan fingerprint density at radius 3 is 2.52 bits per heavy atom. The Labute approximate surface area is 143 Å². The zero-order valence-electron chi connectivity index (χ0n) is 15.8. The summed E-state index contributed by atoms with van der Waals surface area (Å²) in [5.41, 5.74) is 1.26. The molecule has 0 aromatic rings. The molecule has 1 heteroatoms. The molecule has 4 aliphatic rings. The number of rotatable bonds is 3. The molecule has 2 unspecified atom stereocenters. The van der Waals surface area contributed by atoms with E-state index in [-0.39, 0.29) is 0 Å². The normalized spacial score (nSPS) is 52.6. The maximum Gasteiger partial charge on any atom is 0.0611 e. The summed E-state index contributed by atoms with van der Waals surface area (Å²) in [4.78, 5) is 0. The first-order valence-corrected chi connectivity index (χ1v) is 10.7. The van der Waals surface area contributed by atoms with Gasteiger partial charge in [-0.3, -0.25) is 0 Å². The summed E-state index contributed by atoms with van der Waals surface area (Å²) in [5, 5.41) is 0. The Hall–Kier alpha value is -0.0400. The molecule has 0 spiro atoms. The third-order valence-electron chi connectivity index (χ3n) is 8.88. The zero-order chi connectivity index (χ0) is 16.1. The van der Waals surface area contributed by atoms with Crippen LogP contribution in [0, 0.1) is 34.5 Å². The van der Waals surface area contributed by atoms with Gasteiger partial charge in [0.2, 0.25) is 0 Å². The minimum Gasteiger partial charge on any atom is -0.378 e. The third kappa shape index (κ3) is 2.52. The van der Waals surface area contributed by atoms with Crippen LogP contribution in [0.25, 0.3) is 0 Å². The quantitative estimate of drug-likeness (QED) is 0.600. The average Bonchev–Trinajstić information content (AvgIpc) is 2.94. The van der Waals surface area contributed by atoms with Gasteiger partial charge in [-0.2, -0.15) is 0 Å². The lowest BCUT2D eigenvalue weighted by Crippen LogP contribution is -2.57. The summed E-state index contributed by atoms with van der Waals surface area (Å²) in [6.45, 7) is 8.54. The van der Waals surface area contributed by atoms with Gasteiger partial charge < -0.3 is 4.74 Å². The third-order valence-corrected chi connectivity index (χ3v) is 8.88. The van der Waals surface area contributed by atoms with Crippen LogP contribution in [0.2, 0.25) is 0 Å². The van der Waals surface area contributed by atoms with Crippen molar-refractivity contribution in [3.63, 3.8) is 0 Å². The van der Waals surface area contributed by atoms with Crippen molar-refractivity contribution in [1.29, 1.82) is 0 Å². The zero-order valence-corrected chi connectivity index (χ0v) is 15.8. The molecular formula is C22H38O. The molecule has 0 N–H and O–H groups in total. The van der Waals surface area contributed by atoms with Crippen molar-refractivity contribution in [2.24, 2.45) is 34.5 Å². The maximum atomic E-state index is 6.50. The van der Waals surface area contributed by atoms with Gasteiger partial charge in [-0.25, -0.2) is 0 Å². The standard InChI is InChI=1S/C22H38O/c1-4-14-23-20-15-16-17-9-7-11-21(17,2)13-10-18(16)22(3)12-6-5-8-19(20)22/h16-20H,4-15H2,1-3H3/t16-,17-,18+,19?,20?,21-,22+/m0/s1. The van der Waals surface area contributed by atoms with E-state index < -0.39 is 0 Å². The van der Waals surface area contributed by atoms with Gasteiger partial charge in [-0.05, 0) is 85.9 Å². The molecule has 0 aromatic carbocycles. The van der Waals surface area contributed by atoms with Crippen LogP contribution in [-0.4, -0.2) is 12.7 Å². The van der Waals surface area contributed by atoms with Crippen molar-refractivity contribution in [3.05, 3.63) is 0 Å². The molecule has 0 saturated heterocycles. The van der Waals surface area contributed by atoms with Crippen molar-refractivity contribution >= 4 is 0 Å². The Balaban J connectivity index is 1.64. The fourth-order valence-corrected chi connectivity index (χ4v) is 7.77. The molecule has 0 radical (unpaired) electrons. The Morgan fingerprint density at radius 2 is 1.70 bits per heavy atom. The van der Waals surface area contributed by atoms with Gasteiger partial charge in [0, 0.05) is 6.61 Å². The lowest BCUT2D eigenvalue weighted by atomic mass is 9.45. The molecule has 0 aliphatic heterocycles. The van der Waals surface area contributed by atoms with E-state index in [0.717, 1.165) is 30.3 Å². The van der Waals surface area contributed by atoms with Crippen molar-refractivity contribution < 1.29 is 4.74 Å². The summed E-state index contributed by atoms with van der Waals surface area (Å²) in [6.07, 6.45) is 16.5. The number of hydrogen-bond donors (Lipinski definition) is 0. The molecule has 23 heavy (non-hydrogen) atoms. The molecule has 4 saturated carbocycles. The molecule has 7 atom stereocenters. The van der Waals surface area contributed by atoms with E-state index in [4.69, 9.17) is 4.74 Å². The van der Waals surface area contributed by atoms with Crippen molar-refractivity contribution in [1.82, 2.24) is 0 Å². The molecule has 4 aliphatic carbocycles. The number of hydrogen-bond acceptors (Lipinski definition) is 1. The summed E-state index contributed by atoms with van der Waals surface area (Å²) in [5.74, 6) is 3.84. The Morgan fingerprint density at radius 1 is 0.870 bits per heavy atom. The van der Waals surface area contributed by atoms with Gasteiger partial charge in [0.1, 0.15) is 0 Å². The fraction of sp³-hybridized carbons (Fsp3) is 1.00. The Bertz CT molecular complexity index is 432. The minimum absolute atomic E-state index is 0.574. The smallest absolute Gasteiger partial charge is 0.0611 e. The molecule has 0 aromatic heterocycles. The van der Waals surface area contributed by atoms with Gasteiger partial charge in [0.25, 0.3) is 0 Å². The summed E-state index contributed by atoms with van der Waals surface area (Å²) >= 11 is 0. The van der Waals surface area contributed by atoms with E-state index in [1.165, 1.54) is 70.6 Å². The first-order valence-electron chi connectivity index (χ1n) is 10.7. The van der Waals surface area contributed by atoms with E-state index in [0.29, 0.717) is 16.9 Å². The van der Waals surface area contributed by atoms with E-state index in [9.17, 15) is 0 Å². The van der Waals surface area contributed by atoms with Gasteiger partial charge in [0.05, 0.1) is 6.10 Å². The monoisotopic (exact) mass is 318 g/mol. The summed E-state index contributed by atoms with van der Waals surface area (Å²) in [6, 6.07) is 0. The minimum atomic E-state index is 0.574. The van der Waals surface area contributed by atoms with Crippen LogP contribution in [-0.2, 0) is 4.74 Å². The van der Waals surface area contributed by atoms with Crippen molar-refractivity contribution in [3.8, 4) is 0 Å². The summed E-state index contributed by atoms with van der Waals surface area (Å²) < 4.78 is 6.50. The van der Waals surface area contributed by atoms with Crippen LogP contribution in [0.5, 0.6) is 0 Å². The predicted molar refractivity (Wildman–Crippen MR) is 96.4 cm³/mol. The highest BCUT2D eigenvalue weighted by atomic mass is 16.5. The fourth-order valence-electron chi connectivity index (χ4n) is 7.77. The highest BCUT2D eigenvalue weighted by molar-refractivity contribution is 5.09. The molecule has 0 heterocycles. The lowest BCUT2D eigenvalue weighted by molar-refractivity contribution is -0.169. The first kappa shape index (κ1) is 16.4. The van der Waals surface area contributed by atoms with E-state index in [1.54, 1.807) is 0 Å². The van der Waals surface area contributed by atoms with Crippen LogP contribution in [0.15, 0.2) is 0 Å². The highest BCUT2D eigenvalue weighted by Crippen LogP contribution is 2.66. The molecule has 0 amide bonds. The van der Waals surface area contributed by atoms with Crippen LogP contribution in [0.1, 0.15) is 91.4 Å². The van der Waals surface area contributed by atoms with Gasteiger partial charge in [0.15, 0.2) is 0 Å². The van der Waals surface area contributed by atoms with Crippen LogP contribution in [0.4, 0.5) is 0 Å². The lowest BCUT2D eigenvalue weighted by Gasteiger charge is -2.62. The second-order valence-electron chi connectivity index (χ2n) is 9.96. The largest absolute Gasteiger partial charge is 0.378 e. The van der Waals surface area contributed by atoms with E-state index >= 15 is 0 Å². The molecule has 132 valence electrons. The number of ether oxygens (including phenoxy) is 1. The van der Waals surface area contributed by atoms with Gasteiger partial charge >= 0.3 is 0 Å². The van der Waals surface area contributed by atoms with Crippen LogP contribution >= 0.6 is 0 Å². The molecular weight excluding hydrogens is 280 g/mol. The number of fused-ring (bicyclic) bond motifs is 5. The topological polar surface area (TPSA) is 9.23 Å². The first-order chi connectivity index (χ1) is 11.1. The second-order valence-corrected chi connectivity index (χ2v) is 9.96. The molecule has 4 fully saturated rings. The van der Waals surface area contributed by atoms with Crippen molar-refractivity contribution in [2.45, 2.75) is 97.5 Å². The Kier molecular flexibility index (Phi) is 4.32. The molecule has 4 rings (SSSR count). The highest BCUT2D eigenvalue weighted by Gasteiger charge is 2.59. The predicted octanol–water partition coefficient (Wildman–Crippen LogP) is 6.21. The van der Waals surface area contributed by atoms with Gasteiger partial charge in [-0.1, -0.05) is 40.0 Å². The maximum absolute atomic E-state index is 6.50. The van der Waals surface area contributed by atoms with E-state index in [2.05, 4.69) is 20.8 Å². The summed E-state index contributed by atoms with van der Waals surface area (Å²) in [7, 11) is 0. The molecule has 0 bridgehead atoms. The van der Waals surface area contributed by atoms with E-state index in [1.807, 2.05) is 0 Å². The van der Waals surface area contributed by atoms with Crippen LogP contribution in [0.3, 0.4) is 0 Å².